The molecule has 1 atom stereocenters. The maximum atomic E-state index is 14.5. The van der Waals surface area contributed by atoms with Crippen molar-refractivity contribution in [1.82, 2.24) is 0 Å². The quantitative estimate of drug-likeness (QED) is 0.146. The van der Waals surface area contributed by atoms with Crippen LogP contribution in [0.3, 0.4) is 0 Å². The third kappa shape index (κ3) is 7.29. The number of nitrogens with one attached hydrogen (secondary N) is 1. The van der Waals surface area contributed by atoms with Gasteiger partial charge in [-0.15, -0.1) is 13.2 Å². The molecule has 44 heavy (non-hydrogen) atoms. The Hall–Kier alpha value is -4.63. The number of rotatable bonds is 10. The Morgan fingerprint density at radius 3 is 2.52 bits per heavy atom. The van der Waals surface area contributed by atoms with Crippen molar-refractivity contribution in [2.75, 3.05) is 37.6 Å². The van der Waals surface area contributed by atoms with Gasteiger partial charge in [0.25, 0.3) is 5.91 Å². The number of carbonyl (C=O) groups excluding carboxylic acids is 1. The number of nitrogens with zero attached hydrogens (tertiary/aromatic N) is 3. The van der Waals surface area contributed by atoms with Crippen LogP contribution in [0.15, 0.2) is 59.8 Å². The molecule has 0 bridgehead atoms. The summed E-state index contributed by atoms with van der Waals surface area (Å²) in [6.07, 6.45) is -4.90. The average molecular weight is 631 g/mol. The molecule has 0 radical (unpaired) electrons. The van der Waals surface area contributed by atoms with Gasteiger partial charge in [-0.25, -0.2) is 0 Å². The Kier molecular flexibility index (Phi) is 9.49. The molecule has 232 valence electrons. The summed E-state index contributed by atoms with van der Waals surface area (Å²) in [4.78, 5) is 20.9. The molecule has 0 saturated heterocycles. The number of amides is 1. The number of alkyl halides is 3. The number of anilines is 2. The number of fused-ring (bicyclic) bond motifs is 1. The summed E-state index contributed by atoms with van der Waals surface area (Å²) in [5.74, 6) is -0.141. The van der Waals surface area contributed by atoms with Crippen LogP contribution in [0.4, 0.5) is 24.5 Å². The molecule has 1 aliphatic rings. The number of methoxy groups -OCH3 is 2. The van der Waals surface area contributed by atoms with Crippen LogP contribution in [0.5, 0.6) is 17.2 Å². The van der Waals surface area contributed by atoms with Gasteiger partial charge in [-0.2, -0.15) is 5.26 Å². The van der Waals surface area contributed by atoms with Crippen molar-refractivity contribution in [2.24, 2.45) is 5.16 Å². The lowest BCUT2D eigenvalue weighted by Gasteiger charge is -2.28. The topological polar surface area (TPSA) is 105 Å². The molecular weight excluding hydrogens is 601 g/mol. The summed E-state index contributed by atoms with van der Waals surface area (Å²) in [5, 5.41) is 16.4. The molecule has 4 rings (SSSR count). The zero-order chi connectivity index (χ0) is 32.2. The molecule has 0 fully saturated rings. The zero-order valence-electron chi connectivity index (χ0n) is 24.6. The number of benzene rings is 3. The minimum atomic E-state index is -4.90. The van der Waals surface area contributed by atoms with E-state index in [0.717, 1.165) is 0 Å². The Bertz CT molecular complexity index is 1620. The first-order valence-corrected chi connectivity index (χ1v) is 13.7. The minimum Gasteiger partial charge on any atom is -0.497 e. The van der Waals surface area contributed by atoms with Crippen LogP contribution < -0.4 is 24.4 Å². The SMILES string of the molecule is COc1cc(NC(C(=O)N2CC(C)(C)c3ccc(OC(F)(F)F)cc32)c2ccc(Cl)cc2OC)cc(C(C)=NOCC#N)c1. The van der Waals surface area contributed by atoms with Gasteiger partial charge >= 0.3 is 6.36 Å². The van der Waals surface area contributed by atoms with Crippen LogP contribution in [0, 0.1) is 11.3 Å². The predicted octanol–water partition coefficient (Wildman–Crippen LogP) is 7.00. The number of hydrogen-bond acceptors (Lipinski definition) is 8. The second-order valence-electron chi connectivity index (χ2n) is 10.6. The van der Waals surface area contributed by atoms with E-state index in [1.807, 2.05) is 19.9 Å². The molecule has 3 aromatic rings. The average Bonchev–Trinajstić information content (AvgIpc) is 3.24. The molecule has 0 spiro atoms. The third-order valence-corrected chi connectivity index (χ3v) is 7.23. The molecule has 0 aliphatic carbocycles. The number of carbonyl (C=O) groups is 1. The van der Waals surface area contributed by atoms with Crippen molar-refractivity contribution < 1.29 is 37.0 Å². The van der Waals surface area contributed by atoms with Crippen molar-refractivity contribution in [3.63, 3.8) is 0 Å². The first kappa shape index (κ1) is 32.3. The van der Waals surface area contributed by atoms with Gasteiger partial charge < -0.3 is 29.3 Å². The van der Waals surface area contributed by atoms with E-state index in [0.29, 0.717) is 50.3 Å². The van der Waals surface area contributed by atoms with Gasteiger partial charge in [-0.05, 0) is 42.8 Å². The summed E-state index contributed by atoms with van der Waals surface area (Å²) < 4.78 is 54.4. The first-order valence-electron chi connectivity index (χ1n) is 13.3. The van der Waals surface area contributed by atoms with Crippen LogP contribution in [0.1, 0.15) is 43.5 Å². The maximum Gasteiger partial charge on any atom is 0.573 e. The highest BCUT2D eigenvalue weighted by Crippen LogP contribution is 2.45. The monoisotopic (exact) mass is 630 g/mol. The largest absolute Gasteiger partial charge is 0.573 e. The summed E-state index contributed by atoms with van der Waals surface area (Å²) in [5.41, 5.74) is 2.33. The van der Waals surface area contributed by atoms with E-state index in [9.17, 15) is 18.0 Å². The fraction of sp³-hybridized carbons (Fsp3) is 0.323. The van der Waals surface area contributed by atoms with E-state index >= 15 is 0 Å². The molecule has 13 heteroatoms. The van der Waals surface area contributed by atoms with E-state index in [-0.39, 0.29) is 13.2 Å². The molecule has 0 aromatic heterocycles. The summed E-state index contributed by atoms with van der Waals surface area (Å²) in [7, 11) is 2.92. The van der Waals surface area contributed by atoms with Crippen molar-refractivity contribution in [3.05, 3.63) is 76.3 Å². The van der Waals surface area contributed by atoms with Gasteiger partial charge in [0, 0.05) is 45.9 Å². The van der Waals surface area contributed by atoms with Gasteiger partial charge in [0.1, 0.15) is 29.4 Å². The molecule has 1 heterocycles. The van der Waals surface area contributed by atoms with E-state index in [1.54, 1.807) is 49.4 Å². The van der Waals surface area contributed by atoms with E-state index in [2.05, 4.69) is 15.2 Å². The highest BCUT2D eigenvalue weighted by Gasteiger charge is 2.42. The lowest BCUT2D eigenvalue weighted by molar-refractivity contribution is -0.274. The summed E-state index contributed by atoms with van der Waals surface area (Å²) in [6.45, 7) is 5.45. The number of oxime groups is 1. The van der Waals surface area contributed by atoms with Gasteiger partial charge in [0.15, 0.2) is 0 Å². The second kappa shape index (κ2) is 12.9. The minimum absolute atomic E-state index is 0.191. The van der Waals surface area contributed by atoms with E-state index in [4.69, 9.17) is 31.2 Å². The second-order valence-corrected chi connectivity index (χ2v) is 11.0. The Labute approximate surface area is 257 Å². The maximum absolute atomic E-state index is 14.5. The van der Waals surface area contributed by atoms with Crippen LogP contribution >= 0.6 is 11.6 Å². The van der Waals surface area contributed by atoms with Crippen molar-refractivity contribution >= 4 is 34.6 Å². The lowest BCUT2D eigenvalue weighted by atomic mass is 9.87. The fourth-order valence-electron chi connectivity index (χ4n) is 5.00. The van der Waals surface area contributed by atoms with Gasteiger partial charge in [0.05, 0.1) is 25.6 Å². The van der Waals surface area contributed by atoms with Gasteiger partial charge in [-0.3, -0.25) is 4.79 Å². The number of ether oxygens (including phenoxy) is 3. The highest BCUT2D eigenvalue weighted by molar-refractivity contribution is 6.30. The van der Waals surface area contributed by atoms with Gasteiger partial charge in [0.2, 0.25) is 6.61 Å². The van der Waals surface area contributed by atoms with E-state index in [1.165, 1.54) is 31.3 Å². The van der Waals surface area contributed by atoms with Crippen molar-refractivity contribution in [2.45, 2.75) is 38.6 Å². The molecule has 0 saturated carbocycles. The molecule has 1 N–H and O–H groups in total. The molecule has 1 aliphatic heterocycles. The molecule has 1 amide bonds. The lowest BCUT2D eigenvalue weighted by Crippen LogP contribution is -2.39. The molecule has 3 aromatic carbocycles. The highest BCUT2D eigenvalue weighted by atomic mass is 35.5. The number of hydrogen-bond donors (Lipinski definition) is 1. The summed E-state index contributed by atoms with van der Waals surface area (Å²) in [6, 6.07) is 14.7. The van der Waals surface area contributed by atoms with Crippen LogP contribution in [0.25, 0.3) is 0 Å². The van der Waals surface area contributed by atoms with Crippen molar-refractivity contribution in [1.29, 1.82) is 5.26 Å². The molecule has 9 nitrogen and oxygen atoms in total. The summed E-state index contributed by atoms with van der Waals surface area (Å²) >= 11 is 6.23. The van der Waals surface area contributed by atoms with Crippen LogP contribution in [-0.4, -0.2) is 45.4 Å². The Balaban J connectivity index is 1.82. The zero-order valence-corrected chi connectivity index (χ0v) is 25.3. The first-order chi connectivity index (χ1) is 20.8. The van der Waals surface area contributed by atoms with Gasteiger partial charge in [-0.1, -0.05) is 42.7 Å². The van der Waals surface area contributed by atoms with Crippen LogP contribution in [0.2, 0.25) is 5.02 Å². The number of halogens is 4. The Morgan fingerprint density at radius 2 is 1.86 bits per heavy atom. The molecule has 1 unspecified atom stereocenters. The van der Waals surface area contributed by atoms with Crippen molar-refractivity contribution in [3.8, 4) is 23.3 Å². The normalized spacial score (nSPS) is 14.7. The predicted molar refractivity (Wildman–Crippen MR) is 160 cm³/mol. The van der Waals surface area contributed by atoms with Crippen LogP contribution in [-0.2, 0) is 15.0 Å². The number of nitriles is 1. The fourth-order valence-corrected chi connectivity index (χ4v) is 5.17. The molecular formula is C31H30ClF3N4O5. The smallest absolute Gasteiger partial charge is 0.497 e. The standard InChI is InChI=1S/C31H30ClF3N4O5/c1-18(38-43-11-10-36)19-12-21(15-23(13-19)41-4)37-28(24-8-6-20(32)14-27(24)42-5)29(40)39-17-30(2,3)25-9-7-22(16-26(25)39)44-31(33,34)35/h6-9,12-16,28,37H,11,17H2,1-5H3. The van der Waals surface area contributed by atoms with E-state index < -0.39 is 29.5 Å². The Morgan fingerprint density at radius 1 is 1.11 bits per heavy atom. The third-order valence-electron chi connectivity index (χ3n) is 7.00.